The zero-order valence-corrected chi connectivity index (χ0v) is 12.2. The molecule has 0 spiro atoms. The number of rotatable bonds is 3. The molecule has 1 aromatic rings. The van der Waals surface area contributed by atoms with Gasteiger partial charge in [0.05, 0.1) is 17.1 Å². The number of hydrogen-bond acceptors (Lipinski definition) is 4. The van der Waals surface area contributed by atoms with Crippen LogP contribution in [-0.2, 0) is 9.53 Å². The van der Waals surface area contributed by atoms with Crippen LogP contribution in [0.3, 0.4) is 0 Å². The summed E-state index contributed by atoms with van der Waals surface area (Å²) >= 11 is 1.33. The highest BCUT2D eigenvalue weighted by Crippen LogP contribution is 2.22. The molecule has 2 rings (SSSR count). The minimum absolute atomic E-state index is 0.0145. The summed E-state index contributed by atoms with van der Waals surface area (Å²) in [4.78, 5) is 25.4. The normalized spacial score (nSPS) is 23.2. The molecule has 1 N–H and O–H groups in total. The lowest BCUT2D eigenvalue weighted by Crippen LogP contribution is -2.48. The molecule has 0 bridgehead atoms. The highest BCUT2D eigenvalue weighted by atomic mass is 32.1. The van der Waals surface area contributed by atoms with Crippen molar-refractivity contribution in [2.45, 2.75) is 26.1 Å². The Morgan fingerprint density at radius 1 is 1.40 bits per heavy atom. The molecule has 0 aliphatic carbocycles. The maximum Gasteiger partial charge on any atom is 0.328 e. The third-order valence-electron chi connectivity index (χ3n) is 3.00. The maximum absolute atomic E-state index is 12.5. The summed E-state index contributed by atoms with van der Waals surface area (Å²) in [6, 6.07) is 1.75. The van der Waals surface area contributed by atoms with Crippen LogP contribution in [0, 0.1) is 0 Å². The topological polar surface area (TPSA) is 66.8 Å². The molecule has 0 aromatic carbocycles. The molecule has 1 amide bonds. The number of morpholine rings is 1. The zero-order chi connectivity index (χ0) is 14.7. The second-order valence-electron chi connectivity index (χ2n) is 4.84. The fourth-order valence-electron chi connectivity index (χ4n) is 2.27. The first-order valence-electron chi connectivity index (χ1n) is 6.40. The van der Waals surface area contributed by atoms with Gasteiger partial charge in [0.2, 0.25) is 0 Å². The van der Waals surface area contributed by atoms with Crippen molar-refractivity contribution in [2.24, 2.45) is 0 Å². The van der Waals surface area contributed by atoms with E-state index in [1.54, 1.807) is 16.3 Å². The van der Waals surface area contributed by atoms with Crippen molar-refractivity contribution in [3.8, 4) is 0 Å². The Morgan fingerprint density at radius 3 is 2.65 bits per heavy atom. The molecule has 20 heavy (non-hydrogen) atoms. The van der Waals surface area contributed by atoms with Gasteiger partial charge in [0.25, 0.3) is 5.91 Å². The molecular weight excluding hydrogens is 278 g/mol. The molecular formula is C14H17NO4S. The Hall–Kier alpha value is -1.66. The third-order valence-corrected chi connectivity index (χ3v) is 3.92. The average Bonchev–Trinajstić information content (AvgIpc) is 2.82. The molecule has 0 radical (unpaired) electrons. The third kappa shape index (κ3) is 3.46. The van der Waals surface area contributed by atoms with E-state index < -0.39 is 5.97 Å². The van der Waals surface area contributed by atoms with E-state index in [2.05, 4.69) is 0 Å². The first-order valence-corrected chi connectivity index (χ1v) is 7.28. The van der Waals surface area contributed by atoms with Gasteiger partial charge < -0.3 is 14.7 Å². The van der Waals surface area contributed by atoms with Gasteiger partial charge in [-0.25, -0.2) is 4.79 Å². The summed E-state index contributed by atoms with van der Waals surface area (Å²) in [5, 5.41) is 10.5. The molecule has 1 fully saturated rings. The number of carbonyl (C=O) groups is 2. The smallest absolute Gasteiger partial charge is 0.328 e. The number of amides is 1. The van der Waals surface area contributed by atoms with Crippen molar-refractivity contribution in [3.05, 3.63) is 28.0 Å². The molecule has 0 saturated carbocycles. The molecule has 1 aliphatic rings. The van der Waals surface area contributed by atoms with Gasteiger partial charge in [-0.1, -0.05) is 0 Å². The number of aliphatic carboxylic acids is 1. The van der Waals surface area contributed by atoms with E-state index in [9.17, 15) is 9.59 Å². The summed E-state index contributed by atoms with van der Waals surface area (Å²) < 4.78 is 5.61. The van der Waals surface area contributed by atoms with E-state index in [0.29, 0.717) is 23.5 Å². The van der Waals surface area contributed by atoms with Gasteiger partial charge in [-0.2, -0.15) is 0 Å². The van der Waals surface area contributed by atoms with Gasteiger partial charge in [-0.05, 0) is 36.9 Å². The molecule has 2 heterocycles. The minimum atomic E-state index is -1.02. The fraction of sp³-hybridized carbons (Fsp3) is 0.429. The van der Waals surface area contributed by atoms with E-state index >= 15 is 0 Å². The van der Waals surface area contributed by atoms with Crippen molar-refractivity contribution < 1.29 is 19.4 Å². The van der Waals surface area contributed by atoms with Crippen LogP contribution in [0.1, 0.15) is 29.1 Å². The number of thiophene rings is 1. The summed E-state index contributed by atoms with van der Waals surface area (Å²) in [7, 11) is 0. The number of carboxylic acids is 1. The predicted octanol–water partition coefficient (Wildman–Crippen LogP) is 2.10. The SMILES string of the molecule is CC1CN(C(=O)c2sccc2C=CC(=O)O)CC(C)O1. The second kappa shape index (κ2) is 6.19. The molecule has 6 heteroatoms. The monoisotopic (exact) mass is 295 g/mol. The summed E-state index contributed by atoms with van der Waals surface area (Å²) in [6.45, 7) is 5.00. The second-order valence-corrected chi connectivity index (χ2v) is 5.76. The van der Waals surface area contributed by atoms with Crippen molar-refractivity contribution in [2.75, 3.05) is 13.1 Å². The van der Waals surface area contributed by atoms with Gasteiger partial charge in [0, 0.05) is 19.2 Å². The van der Waals surface area contributed by atoms with E-state index in [4.69, 9.17) is 9.84 Å². The first kappa shape index (κ1) is 14.7. The Labute approximate surface area is 121 Å². The van der Waals surface area contributed by atoms with E-state index in [-0.39, 0.29) is 18.1 Å². The lowest BCUT2D eigenvalue weighted by atomic mass is 10.2. The minimum Gasteiger partial charge on any atom is -0.478 e. The van der Waals surface area contributed by atoms with Crippen molar-refractivity contribution in [3.63, 3.8) is 0 Å². The Kier molecular flexibility index (Phi) is 4.57. The maximum atomic E-state index is 12.5. The number of hydrogen-bond donors (Lipinski definition) is 1. The standard InChI is InChI=1S/C14H17NO4S/c1-9-7-15(8-10(2)19-9)14(18)13-11(5-6-20-13)3-4-12(16)17/h3-6,9-10H,7-8H2,1-2H3,(H,16,17). The Bertz CT molecular complexity index is 527. The molecule has 1 saturated heterocycles. The highest BCUT2D eigenvalue weighted by Gasteiger charge is 2.28. The number of ether oxygens (including phenoxy) is 1. The van der Waals surface area contributed by atoms with Crippen LogP contribution in [0.5, 0.6) is 0 Å². The van der Waals surface area contributed by atoms with Crippen LogP contribution in [0.25, 0.3) is 6.08 Å². The first-order chi connectivity index (χ1) is 9.47. The van der Waals surface area contributed by atoms with Gasteiger partial charge in [0.1, 0.15) is 0 Å². The Balaban J connectivity index is 2.17. The average molecular weight is 295 g/mol. The fourth-order valence-corrected chi connectivity index (χ4v) is 3.13. The van der Waals surface area contributed by atoms with E-state index in [1.165, 1.54) is 17.4 Å². The van der Waals surface area contributed by atoms with Crippen molar-refractivity contribution in [1.29, 1.82) is 0 Å². The van der Waals surface area contributed by atoms with Crippen LogP contribution in [0.2, 0.25) is 0 Å². The zero-order valence-electron chi connectivity index (χ0n) is 11.4. The van der Waals surface area contributed by atoms with Gasteiger partial charge in [-0.15, -0.1) is 11.3 Å². The number of nitrogens with zero attached hydrogens (tertiary/aromatic N) is 1. The van der Waals surface area contributed by atoms with Crippen molar-refractivity contribution >= 4 is 29.3 Å². The van der Waals surface area contributed by atoms with Crippen LogP contribution < -0.4 is 0 Å². The molecule has 2 unspecified atom stereocenters. The molecule has 108 valence electrons. The number of carbonyl (C=O) groups excluding carboxylic acids is 1. The summed E-state index contributed by atoms with van der Waals surface area (Å²) in [6.07, 6.45) is 2.53. The predicted molar refractivity (Wildman–Crippen MR) is 76.9 cm³/mol. The van der Waals surface area contributed by atoms with Crippen LogP contribution in [0.15, 0.2) is 17.5 Å². The molecule has 2 atom stereocenters. The van der Waals surface area contributed by atoms with Crippen LogP contribution in [0.4, 0.5) is 0 Å². The van der Waals surface area contributed by atoms with Gasteiger partial charge in [-0.3, -0.25) is 4.79 Å². The van der Waals surface area contributed by atoms with Gasteiger partial charge >= 0.3 is 5.97 Å². The molecule has 1 aliphatic heterocycles. The number of carboxylic acid groups (broad SMARTS) is 1. The van der Waals surface area contributed by atoms with Gasteiger partial charge in [0.15, 0.2) is 0 Å². The summed E-state index contributed by atoms with van der Waals surface area (Å²) in [5.41, 5.74) is 0.647. The van der Waals surface area contributed by atoms with E-state index in [1.807, 2.05) is 13.8 Å². The van der Waals surface area contributed by atoms with Crippen LogP contribution in [-0.4, -0.2) is 47.2 Å². The van der Waals surface area contributed by atoms with Crippen molar-refractivity contribution in [1.82, 2.24) is 4.90 Å². The lowest BCUT2D eigenvalue weighted by Gasteiger charge is -2.35. The highest BCUT2D eigenvalue weighted by molar-refractivity contribution is 7.12. The van der Waals surface area contributed by atoms with E-state index in [0.717, 1.165) is 6.08 Å². The molecule has 5 nitrogen and oxygen atoms in total. The lowest BCUT2D eigenvalue weighted by molar-refractivity contribution is -0.131. The summed E-state index contributed by atoms with van der Waals surface area (Å²) in [5.74, 6) is -1.09. The largest absolute Gasteiger partial charge is 0.478 e. The quantitative estimate of drug-likeness (QED) is 0.867. The molecule has 1 aromatic heterocycles. The Morgan fingerprint density at radius 2 is 2.05 bits per heavy atom. The van der Waals surface area contributed by atoms with Crippen LogP contribution >= 0.6 is 11.3 Å².